The fourth-order valence-electron chi connectivity index (χ4n) is 4.04. The van der Waals surface area contributed by atoms with Crippen molar-refractivity contribution < 1.29 is 28.6 Å². The summed E-state index contributed by atoms with van der Waals surface area (Å²) in [6.45, 7) is 8.46. The third kappa shape index (κ3) is 6.88. The van der Waals surface area contributed by atoms with Gasteiger partial charge in [0.25, 0.3) is 0 Å². The van der Waals surface area contributed by atoms with Gasteiger partial charge in [0.2, 0.25) is 0 Å². The fourth-order valence-corrected chi connectivity index (χ4v) is 4.04. The molecular formula is C29H33NO6. The molecule has 3 rings (SSSR count). The molecule has 7 heteroatoms. The molecule has 0 heterocycles. The molecule has 1 aliphatic carbocycles. The lowest BCUT2D eigenvalue weighted by atomic mass is 9.98. The number of esters is 2. The van der Waals surface area contributed by atoms with Crippen LogP contribution in [0.15, 0.2) is 48.5 Å². The smallest absolute Gasteiger partial charge is 0.407 e. The molecule has 1 amide bonds. The van der Waals surface area contributed by atoms with Crippen LogP contribution in [0.1, 0.15) is 64.5 Å². The number of terminal acetylenes is 1. The first-order chi connectivity index (χ1) is 16.9. The highest BCUT2D eigenvalue weighted by Crippen LogP contribution is 2.44. The van der Waals surface area contributed by atoms with Gasteiger partial charge in [-0.05, 0) is 63.3 Å². The van der Waals surface area contributed by atoms with E-state index in [0.717, 1.165) is 22.3 Å². The minimum atomic E-state index is -1.18. The van der Waals surface area contributed by atoms with Crippen LogP contribution in [0, 0.1) is 12.3 Å². The van der Waals surface area contributed by atoms with Gasteiger partial charge in [0.1, 0.15) is 18.2 Å². The lowest BCUT2D eigenvalue weighted by Crippen LogP contribution is -2.45. The number of amides is 1. The van der Waals surface area contributed by atoms with Crippen molar-refractivity contribution in [2.24, 2.45) is 0 Å². The summed E-state index contributed by atoms with van der Waals surface area (Å²) < 4.78 is 16.2. The van der Waals surface area contributed by atoms with Crippen LogP contribution in [0.25, 0.3) is 11.1 Å². The number of rotatable bonds is 8. The van der Waals surface area contributed by atoms with Gasteiger partial charge in [-0.1, -0.05) is 54.5 Å². The Balaban J connectivity index is 1.68. The Morgan fingerprint density at radius 2 is 1.50 bits per heavy atom. The number of ether oxygens (including phenoxy) is 3. The van der Waals surface area contributed by atoms with E-state index in [-0.39, 0.29) is 25.4 Å². The van der Waals surface area contributed by atoms with Crippen molar-refractivity contribution in [3.63, 3.8) is 0 Å². The van der Waals surface area contributed by atoms with Crippen LogP contribution < -0.4 is 5.32 Å². The van der Waals surface area contributed by atoms with E-state index in [9.17, 15) is 14.4 Å². The van der Waals surface area contributed by atoms with Gasteiger partial charge in [0, 0.05) is 12.3 Å². The molecule has 1 aliphatic rings. The monoisotopic (exact) mass is 491 g/mol. The van der Waals surface area contributed by atoms with E-state index in [1.165, 1.54) is 0 Å². The molecule has 2 aromatic rings. The average Bonchev–Trinajstić information content (AvgIpc) is 3.12. The molecule has 0 fully saturated rings. The lowest BCUT2D eigenvalue weighted by molar-refractivity contribution is -0.157. The first-order valence-corrected chi connectivity index (χ1v) is 11.9. The van der Waals surface area contributed by atoms with Gasteiger partial charge in [0.05, 0.1) is 0 Å². The van der Waals surface area contributed by atoms with Crippen molar-refractivity contribution in [3.8, 4) is 23.5 Å². The summed E-state index contributed by atoms with van der Waals surface area (Å²) in [7, 11) is 0. The molecule has 0 unspecified atom stereocenters. The number of carbonyl (C=O) groups is 3. The Hall–Kier alpha value is -3.79. The molecule has 0 aromatic heterocycles. The second kappa shape index (κ2) is 10.9. The predicted octanol–water partition coefficient (Wildman–Crippen LogP) is 4.97. The molecule has 190 valence electrons. The van der Waals surface area contributed by atoms with E-state index in [1.54, 1.807) is 34.6 Å². The Morgan fingerprint density at radius 3 is 2.03 bits per heavy atom. The van der Waals surface area contributed by atoms with Crippen molar-refractivity contribution in [2.45, 2.75) is 70.6 Å². The second-order valence-corrected chi connectivity index (χ2v) is 10.2. The minimum Gasteiger partial charge on any atom is -0.460 e. The minimum absolute atomic E-state index is 0.0292. The maximum absolute atomic E-state index is 12.8. The number of hydrogen-bond donors (Lipinski definition) is 1. The summed E-state index contributed by atoms with van der Waals surface area (Å²) in [6.07, 6.45) is 4.51. The summed E-state index contributed by atoms with van der Waals surface area (Å²) in [4.78, 5) is 37.7. The maximum Gasteiger partial charge on any atom is 0.407 e. The van der Waals surface area contributed by atoms with E-state index >= 15 is 0 Å². The molecule has 1 atom stereocenters. The van der Waals surface area contributed by atoms with Crippen molar-refractivity contribution in [3.05, 3.63) is 59.7 Å². The van der Waals surface area contributed by atoms with Gasteiger partial charge in [-0.3, -0.25) is 4.79 Å². The highest BCUT2D eigenvalue weighted by atomic mass is 16.6. The Morgan fingerprint density at radius 1 is 0.944 bits per heavy atom. The fraction of sp³-hybridized carbons (Fsp3) is 0.414. The molecule has 2 aromatic carbocycles. The highest BCUT2D eigenvalue weighted by molar-refractivity contribution is 5.83. The zero-order chi connectivity index (χ0) is 26.5. The Labute approximate surface area is 212 Å². The van der Waals surface area contributed by atoms with Crippen LogP contribution in [0.5, 0.6) is 0 Å². The molecule has 0 saturated carbocycles. The summed E-state index contributed by atoms with van der Waals surface area (Å²) in [6, 6.07) is 14.8. The Kier molecular flexibility index (Phi) is 8.09. The van der Waals surface area contributed by atoms with Crippen LogP contribution in [0.3, 0.4) is 0 Å². The van der Waals surface area contributed by atoms with Crippen LogP contribution >= 0.6 is 0 Å². The van der Waals surface area contributed by atoms with Crippen LogP contribution in [0.2, 0.25) is 0 Å². The summed E-state index contributed by atoms with van der Waals surface area (Å²) in [5.41, 5.74) is 2.52. The lowest BCUT2D eigenvalue weighted by Gasteiger charge is -2.24. The SMILES string of the molecule is C#CC(C)(C)OC(=O)[C@H](CCC(=O)OC(C)(C)C)NC(=O)OCC1c2ccccc2-c2ccccc21. The van der Waals surface area contributed by atoms with Crippen LogP contribution in [-0.2, 0) is 23.8 Å². The normalized spacial score (nSPS) is 13.6. The molecular weight excluding hydrogens is 458 g/mol. The number of benzene rings is 2. The van der Waals surface area contributed by atoms with Gasteiger partial charge in [0.15, 0.2) is 5.60 Å². The van der Waals surface area contributed by atoms with Gasteiger partial charge >= 0.3 is 18.0 Å². The topological polar surface area (TPSA) is 90.9 Å². The standard InChI is InChI=1S/C29H33NO6/c1-7-29(5,6)36-26(32)24(16-17-25(31)35-28(2,3)4)30-27(33)34-18-23-21-14-10-8-12-19(21)20-13-9-11-15-22(20)23/h1,8-15,23-24H,16-18H2,2-6H3,(H,30,33)/t24-/m0/s1. The Bertz CT molecular complexity index is 1130. The van der Waals surface area contributed by atoms with Crippen molar-refractivity contribution >= 4 is 18.0 Å². The molecule has 1 N–H and O–H groups in total. The number of fused-ring (bicyclic) bond motifs is 3. The molecule has 0 spiro atoms. The molecule has 0 aliphatic heterocycles. The third-order valence-corrected chi connectivity index (χ3v) is 5.68. The number of carbonyl (C=O) groups excluding carboxylic acids is 3. The van der Waals surface area contributed by atoms with E-state index in [2.05, 4.69) is 11.2 Å². The molecule has 0 bridgehead atoms. The summed E-state index contributed by atoms with van der Waals surface area (Å²) in [5, 5.41) is 2.54. The molecule has 7 nitrogen and oxygen atoms in total. The zero-order valence-corrected chi connectivity index (χ0v) is 21.4. The zero-order valence-electron chi connectivity index (χ0n) is 21.4. The van der Waals surface area contributed by atoms with E-state index < -0.39 is 35.3 Å². The molecule has 0 radical (unpaired) electrons. The van der Waals surface area contributed by atoms with E-state index in [0.29, 0.717) is 0 Å². The van der Waals surface area contributed by atoms with Gasteiger partial charge < -0.3 is 19.5 Å². The summed E-state index contributed by atoms with van der Waals surface area (Å²) in [5.74, 6) is 1.00. The van der Waals surface area contributed by atoms with Gasteiger partial charge in [-0.2, -0.15) is 0 Å². The highest BCUT2D eigenvalue weighted by Gasteiger charge is 2.32. The van der Waals surface area contributed by atoms with Crippen molar-refractivity contribution in [2.75, 3.05) is 6.61 Å². The van der Waals surface area contributed by atoms with E-state index in [1.807, 2.05) is 48.5 Å². The summed E-state index contributed by atoms with van der Waals surface area (Å²) >= 11 is 0. The third-order valence-electron chi connectivity index (χ3n) is 5.68. The first kappa shape index (κ1) is 26.8. The van der Waals surface area contributed by atoms with Crippen molar-refractivity contribution in [1.29, 1.82) is 0 Å². The predicted molar refractivity (Wildman–Crippen MR) is 136 cm³/mol. The molecule has 36 heavy (non-hydrogen) atoms. The molecule has 0 saturated heterocycles. The second-order valence-electron chi connectivity index (χ2n) is 10.2. The number of nitrogens with one attached hydrogen (secondary N) is 1. The van der Waals surface area contributed by atoms with Gasteiger partial charge in [-0.25, -0.2) is 9.59 Å². The maximum atomic E-state index is 12.8. The van der Waals surface area contributed by atoms with Crippen LogP contribution in [-0.4, -0.2) is 41.9 Å². The number of alkyl carbamates (subject to hydrolysis) is 1. The van der Waals surface area contributed by atoms with Crippen LogP contribution in [0.4, 0.5) is 4.79 Å². The first-order valence-electron chi connectivity index (χ1n) is 11.9. The van der Waals surface area contributed by atoms with Crippen molar-refractivity contribution in [1.82, 2.24) is 5.32 Å². The van der Waals surface area contributed by atoms with E-state index in [4.69, 9.17) is 20.6 Å². The number of hydrogen-bond acceptors (Lipinski definition) is 6. The van der Waals surface area contributed by atoms with Gasteiger partial charge in [-0.15, -0.1) is 6.42 Å². The largest absolute Gasteiger partial charge is 0.460 e. The average molecular weight is 492 g/mol. The quantitative estimate of drug-likeness (QED) is 0.319.